The van der Waals surface area contributed by atoms with Crippen molar-refractivity contribution in [1.82, 2.24) is 10.2 Å². The summed E-state index contributed by atoms with van der Waals surface area (Å²) >= 11 is 1.19. The third-order valence-corrected chi connectivity index (χ3v) is 4.54. The largest absolute Gasteiger partial charge is 0.411 e. The molecule has 0 spiro atoms. The van der Waals surface area contributed by atoms with E-state index >= 15 is 0 Å². The quantitative estimate of drug-likeness (QED) is 0.648. The zero-order valence-corrected chi connectivity index (χ0v) is 15.8. The van der Waals surface area contributed by atoms with Crippen LogP contribution in [0.5, 0.6) is 0 Å². The molecule has 136 valence electrons. The van der Waals surface area contributed by atoms with E-state index in [0.29, 0.717) is 23.2 Å². The lowest BCUT2D eigenvalue weighted by Gasteiger charge is -2.04. The highest BCUT2D eigenvalue weighted by Crippen LogP contribution is 2.25. The van der Waals surface area contributed by atoms with Crippen molar-refractivity contribution in [2.45, 2.75) is 25.5 Å². The van der Waals surface area contributed by atoms with Crippen molar-refractivity contribution in [2.75, 3.05) is 11.1 Å². The van der Waals surface area contributed by atoms with Gasteiger partial charge in [-0.05, 0) is 43.7 Å². The lowest BCUT2D eigenvalue weighted by molar-refractivity contribution is -0.113. The number of rotatable bonds is 6. The Hall–Kier alpha value is -3.11. The molecule has 0 saturated heterocycles. The summed E-state index contributed by atoms with van der Waals surface area (Å²) in [6, 6.07) is 15.3. The fourth-order valence-electron chi connectivity index (χ4n) is 2.60. The van der Waals surface area contributed by atoms with Crippen LogP contribution in [0.4, 0.5) is 5.69 Å². The van der Waals surface area contributed by atoms with Crippen molar-refractivity contribution in [3.05, 3.63) is 59.2 Å². The monoisotopic (exact) mass is 378 g/mol. The van der Waals surface area contributed by atoms with E-state index < -0.39 is 0 Å². The predicted octanol–water partition coefficient (Wildman–Crippen LogP) is 4.15. The molecule has 27 heavy (non-hydrogen) atoms. The van der Waals surface area contributed by atoms with E-state index in [1.807, 2.05) is 38.1 Å². The lowest BCUT2D eigenvalue weighted by atomic mass is 10.1. The van der Waals surface area contributed by atoms with Crippen molar-refractivity contribution in [1.29, 1.82) is 5.26 Å². The first-order valence-corrected chi connectivity index (χ1v) is 9.33. The summed E-state index contributed by atoms with van der Waals surface area (Å²) in [5, 5.41) is 19.9. The fourth-order valence-corrected chi connectivity index (χ4v) is 3.17. The van der Waals surface area contributed by atoms with Gasteiger partial charge < -0.3 is 9.73 Å². The maximum absolute atomic E-state index is 12.1. The van der Waals surface area contributed by atoms with Gasteiger partial charge in [0.2, 0.25) is 11.8 Å². The van der Waals surface area contributed by atoms with Crippen molar-refractivity contribution in [2.24, 2.45) is 0 Å². The molecule has 0 saturated carbocycles. The molecule has 1 aromatic heterocycles. The molecule has 7 heteroatoms. The molecule has 0 aliphatic carbocycles. The molecular formula is C20H18N4O2S. The molecule has 0 bridgehead atoms. The first kappa shape index (κ1) is 18.7. The minimum Gasteiger partial charge on any atom is -0.411 e. The standard InChI is InChI=1S/C20H18N4O2S/c1-13-9-14(2)11-16(10-13)19-23-24-20(26-19)27-12-18(25)22-17-5-3-15(4-6-17)7-8-21/h3-6,9-11H,7,12H2,1-2H3,(H,22,25). The van der Waals surface area contributed by atoms with Crippen LogP contribution in [0.2, 0.25) is 0 Å². The highest BCUT2D eigenvalue weighted by atomic mass is 32.2. The molecule has 1 N–H and O–H groups in total. The summed E-state index contributed by atoms with van der Waals surface area (Å²) in [4.78, 5) is 12.1. The Morgan fingerprint density at radius 1 is 1.15 bits per heavy atom. The highest BCUT2D eigenvalue weighted by molar-refractivity contribution is 7.99. The number of nitriles is 1. The van der Waals surface area contributed by atoms with Crippen LogP contribution >= 0.6 is 11.8 Å². The molecular weight excluding hydrogens is 360 g/mol. The zero-order chi connectivity index (χ0) is 19.2. The van der Waals surface area contributed by atoms with Crippen LogP contribution in [0.3, 0.4) is 0 Å². The number of carbonyl (C=O) groups excluding carboxylic acids is 1. The molecule has 2 aromatic carbocycles. The molecule has 0 aliphatic rings. The first-order valence-electron chi connectivity index (χ1n) is 8.34. The van der Waals surface area contributed by atoms with Crippen molar-refractivity contribution < 1.29 is 9.21 Å². The van der Waals surface area contributed by atoms with Crippen LogP contribution in [0.25, 0.3) is 11.5 Å². The van der Waals surface area contributed by atoms with Gasteiger partial charge in [0.15, 0.2) is 0 Å². The van der Waals surface area contributed by atoms with E-state index in [0.717, 1.165) is 22.3 Å². The molecule has 0 aliphatic heterocycles. The lowest BCUT2D eigenvalue weighted by Crippen LogP contribution is -2.13. The van der Waals surface area contributed by atoms with Crippen molar-refractivity contribution in [3.63, 3.8) is 0 Å². The SMILES string of the molecule is Cc1cc(C)cc(-c2nnc(SCC(=O)Nc3ccc(CC#N)cc3)o2)c1. The second-order valence-corrected chi connectivity index (χ2v) is 7.04. The number of nitrogens with zero attached hydrogens (tertiary/aromatic N) is 3. The van der Waals surface area contributed by atoms with Crippen LogP contribution < -0.4 is 5.32 Å². The summed E-state index contributed by atoms with van der Waals surface area (Å²) < 4.78 is 5.65. The van der Waals surface area contributed by atoms with Gasteiger partial charge in [-0.15, -0.1) is 10.2 Å². The molecule has 0 radical (unpaired) electrons. The van der Waals surface area contributed by atoms with Gasteiger partial charge in [-0.2, -0.15) is 5.26 Å². The number of thioether (sulfide) groups is 1. The summed E-state index contributed by atoms with van der Waals surface area (Å²) in [6.45, 7) is 4.03. The van der Waals surface area contributed by atoms with Gasteiger partial charge in [0, 0.05) is 11.3 Å². The minimum absolute atomic E-state index is 0.161. The number of aromatic nitrogens is 2. The Bertz CT molecular complexity index is 970. The average Bonchev–Trinajstić information content (AvgIpc) is 3.10. The first-order chi connectivity index (χ1) is 13.0. The normalized spacial score (nSPS) is 10.4. The van der Waals surface area contributed by atoms with Gasteiger partial charge in [-0.25, -0.2) is 0 Å². The van der Waals surface area contributed by atoms with Gasteiger partial charge in [0.1, 0.15) is 0 Å². The Kier molecular flexibility index (Phi) is 5.89. The van der Waals surface area contributed by atoms with Crippen LogP contribution in [-0.4, -0.2) is 21.9 Å². The van der Waals surface area contributed by atoms with E-state index in [-0.39, 0.29) is 11.7 Å². The van der Waals surface area contributed by atoms with Gasteiger partial charge in [-0.3, -0.25) is 4.79 Å². The Morgan fingerprint density at radius 3 is 2.52 bits per heavy atom. The number of amides is 1. The summed E-state index contributed by atoms with van der Waals surface area (Å²) in [7, 11) is 0. The second kappa shape index (κ2) is 8.52. The van der Waals surface area contributed by atoms with Gasteiger partial charge >= 0.3 is 0 Å². The van der Waals surface area contributed by atoms with E-state index in [9.17, 15) is 4.79 Å². The molecule has 1 heterocycles. The number of nitrogens with one attached hydrogen (secondary N) is 1. The Labute approximate surface area is 161 Å². The average molecular weight is 378 g/mol. The maximum atomic E-state index is 12.1. The smallest absolute Gasteiger partial charge is 0.277 e. The molecule has 1 amide bonds. The number of aryl methyl sites for hydroxylation is 2. The van der Waals surface area contributed by atoms with E-state index in [4.69, 9.17) is 9.68 Å². The van der Waals surface area contributed by atoms with Crippen LogP contribution in [0.1, 0.15) is 16.7 Å². The molecule has 6 nitrogen and oxygen atoms in total. The topological polar surface area (TPSA) is 91.8 Å². The third-order valence-electron chi connectivity index (χ3n) is 3.72. The predicted molar refractivity (Wildman–Crippen MR) is 104 cm³/mol. The maximum Gasteiger partial charge on any atom is 0.277 e. The highest BCUT2D eigenvalue weighted by Gasteiger charge is 2.12. The summed E-state index contributed by atoms with van der Waals surface area (Å²) in [5.41, 5.74) is 4.71. The zero-order valence-electron chi connectivity index (χ0n) is 15.0. The number of hydrogen-bond donors (Lipinski definition) is 1. The van der Waals surface area contributed by atoms with Gasteiger partial charge in [-0.1, -0.05) is 41.1 Å². The van der Waals surface area contributed by atoms with Crippen LogP contribution in [-0.2, 0) is 11.2 Å². The van der Waals surface area contributed by atoms with Crippen LogP contribution in [0.15, 0.2) is 52.1 Å². The molecule has 0 atom stereocenters. The number of hydrogen-bond acceptors (Lipinski definition) is 6. The molecule has 3 rings (SSSR count). The summed E-state index contributed by atoms with van der Waals surface area (Å²) in [5.74, 6) is 0.436. The Morgan fingerprint density at radius 2 is 1.85 bits per heavy atom. The van der Waals surface area contributed by atoms with E-state index in [1.165, 1.54) is 11.8 Å². The fraction of sp³-hybridized carbons (Fsp3) is 0.200. The molecule has 0 unspecified atom stereocenters. The van der Waals surface area contributed by atoms with Crippen molar-refractivity contribution in [3.8, 4) is 17.5 Å². The Balaban J connectivity index is 1.56. The van der Waals surface area contributed by atoms with Crippen LogP contribution in [0, 0.1) is 25.2 Å². The molecule has 3 aromatic rings. The summed E-state index contributed by atoms with van der Waals surface area (Å²) in [6.07, 6.45) is 0.351. The van der Waals surface area contributed by atoms with Gasteiger partial charge in [0.25, 0.3) is 5.22 Å². The molecule has 0 fully saturated rings. The van der Waals surface area contributed by atoms with Gasteiger partial charge in [0.05, 0.1) is 18.2 Å². The number of benzene rings is 2. The number of carbonyl (C=O) groups is 1. The minimum atomic E-state index is -0.167. The van der Waals surface area contributed by atoms with E-state index in [1.54, 1.807) is 12.1 Å². The van der Waals surface area contributed by atoms with E-state index in [2.05, 4.69) is 27.6 Å². The number of anilines is 1. The van der Waals surface area contributed by atoms with Crippen molar-refractivity contribution >= 4 is 23.4 Å². The second-order valence-electron chi connectivity index (χ2n) is 6.12. The third kappa shape index (κ3) is 5.19.